The summed E-state index contributed by atoms with van der Waals surface area (Å²) in [4.78, 5) is 8.31. The van der Waals surface area contributed by atoms with Crippen LogP contribution in [0.1, 0.15) is 17.0 Å². The van der Waals surface area contributed by atoms with E-state index in [9.17, 15) is 17.6 Å². The van der Waals surface area contributed by atoms with Crippen LogP contribution in [0, 0.1) is 19.7 Å². The van der Waals surface area contributed by atoms with Crippen LogP contribution in [-0.2, 0) is 6.18 Å². The first-order chi connectivity index (χ1) is 9.74. The van der Waals surface area contributed by atoms with Crippen molar-refractivity contribution < 1.29 is 17.6 Å². The molecule has 1 N–H and O–H groups in total. The molecule has 0 atom stereocenters. The number of nitrogens with zero attached hydrogens (tertiary/aromatic N) is 2. The van der Waals surface area contributed by atoms with E-state index in [2.05, 4.69) is 15.3 Å². The Balaban J connectivity index is 2.66. The molecule has 1 aromatic heterocycles. The third kappa shape index (κ3) is 2.96. The average molecular weight is 299 g/mol. The zero-order valence-corrected chi connectivity index (χ0v) is 11.6. The maximum absolute atomic E-state index is 13.3. The second kappa shape index (κ2) is 5.31. The van der Waals surface area contributed by atoms with Crippen LogP contribution in [-0.4, -0.2) is 17.0 Å². The van der Waals surface area contributed by atoms with Crippen LogP contribution in [0.5, 0.6) is 0 Å². The molecule has 0 spiro atoms. The van der Waals surface area contributed by atoms with Crippen molar-refractivity contribution in [2.45, 2.75) is 20.0 Å². The maximum Gasteiger partial charge on any atom is 0.419 e. The molecule has 0 amide bonds. The number of nitrogens with one attached hydrogen (secondary N) is 1. The summed E-state index contributed by atoms with van der Waals surface area (Å²) >= 11 is 0. The monoisotopic (exact) mass is 299 g/mol. The first-order valence-electron chi connectivity index (χ1n) is 6.14. The molecule has 112 valence electrons. The molecule has 1 aromatic carbocycles. The van der Waals surface area contributed by atoms with Crippen molar-refractivity contribution in [3.05, 3.63) is 41.0 Å². The molecule has 0 saturated heterocycles. The van der Waals surface area contributed by atoms with Crippen molar-refractivity contribution in [1.82, 2.24) is 9.97 Å². The molecule has 3 nitrogen and oxygen atoms in total. The van der Waals surface area contributed by atoms with E-state index in [0.717, 1.165) is 12.1 Å². The highest BCUT2D eigenvalue weighted by atomic mass is 19.4. The first-order valence-corrected chi connectivity index (χ1v) is 6.14. The predicted octanol–water partition coefficient (Wildman–Crippen LogP) is 3.96. The van der Waals surface area contributed by atoms with E-state index >= 15 is 0 Å². The molecule has 7 heteroatoms. The van der Waals surface area contributed by atoms with Crippen LogP contribution >= 0.6 is 0 Å². The minimum atomic E-state index is -4.75. The Bertz CT molecular complexity index is 681. The average Bonchev–Trinajstić information content (AvgIpc) is 2.40. The Morgan fingerprint density at radius 2 is 1.76 bits per heavy atom. The zero-order valence-electron chi connectivity index (χ0n) is 11.6. The fraction of sp³-hybridized carbons (Fsp3) is 0.286. The number of halogens is 4. The highest BCUT2D eigenvalue weighted by Gasteiger charge is 2.34. The van der Waals surface area contributed by atoms with Gasteiger partial charge in [-0.2, -0.15) is 13.2 Å². The molecular formula is C14H13F4N3. The Hall–Kier alpha value is -2.18. The molecule has 0 unspecified atom stereocenters. The van der Waals surface area contributed by atoms with Crippen LogP contribution in [0.2, 0.25) is 0 Å². The Morgan fingerprint density at radius 1 is 1.10 bits per heavy atom. The number of alkyl halides is 3. The summed E-state index contributed by atoms with van der Waals surface area (Å²) in [5, 5.41) is 2.86. The number of hydrogen-bond acceptors (Lipinski definition) is 3. The largest absolute Gasteiger partial charge is 0.419 e. The molecule has 2 aromatic rings. The summed E-state index contributed by atoms with van der Waals surface area (Å²) in [5.74, 6) is -0.364. The van der Waals surface area contributed by atoms with E-state index < -0.39 is 17.6 Å². The second-order valence-corrected chi connectivity index (χ2v) is 4.54. The van der Waals surface area contributed by atoms with Gasteiger partial charge in [-0.1, -0.05) is 0 Å². The Morgan fingerprint density at radius 3 is 2.33 bits per heavy atom. The topological polar surface area (TPSA) is 37.8 Å². The second-order valence-electron chi connectivity index (χ2n) is 4.54. The van der Waals surface area contributed by atoms with E-state index in [4.69, 9.17) is 0 Å². The quantitative estimate of drug-likeness (QED) is 0.853. The normalized spacial score (nSPS) is 11.6. The molecule has 21 heavy (non-hydrogen) atoms. The van der Waals surface area contributed by atoms with Crippen molar-refractivity contribution in [1.29, 1.82) is 0 Å². The lowest BCUT2D eigenvalue weighted by molar-refractivity contribution is -0.139. The molecule has 0 aliphatic rings. The van der Waals surface area contributed by atoms with Crippen molar-refractivity contribution in [3.63, 3.8) is 0 Å². The molecule has 0 aliphatic carbocycles. The van der Waals surface area contributed by atoms with E-state index in [-0.39, 0.29) is 5.56 Å². The lowest BCUT2D eigenvalue weighted by Crippen LogP contribution is -2.09. The smallest absolute Gasteiger partial charge is 0.373 e. The standard InChI is InChI=1S/C14H13F4N3/c1-7-12(20-8(2)21-13(7)19-3)9-4-5-11(15)10(6-9)14(16,17)18/h4-6H,1-3H3,(H,19,20,21). The van der Waals surface area contributed by atoms with Crippen molar-refractivity contribution >= 4 is 5.82 Å². The molecular weight excluding hydrogens is 286 g/mol. The van der Waals surface area contributed by atoms with Gasteiger partial charge in [-0.15, -0.1) is 0 Å². The minimum Gasteiger partial charge on any atom is -0.373 e. The molecule has 0 bridgehead atoms. The third-order valence-corrected chi connectivity index (χ3v) is 3.04. The van der Waals surface area contributed by atoms with Gasteiger partial charge in [-0.3, -0.25) is 0 Å². The summed E-state index contributed by atoms with van der Waals surface area (Å²) in [6, 6.07) is 2.84. The first kappa shape index (κ1) is 15.2. The molecule has 0 radical (unpaired) electrons. The highest BCUT2D eigenvalue weighted by molar-refractivity contribution is 5.68. The fourth-order valence-corrected chi connectivity index (χ4v) is 2.04. The van der Waals surface area contributed by atoms with Gasteiger partial charge in [-0.25, -0.2) is 14.4 Å². The van der Waals surface area contributed by atoms with Gasteiger partial charge in [-0.05, 0) is 32.0 Å². The predicted molar refractivity (Wildman–Crippen MR) is 71.4 cm³/mol. The third-order valence-electron chi connectivity index (χ3n) is 3.04. The van der Waals surface area contributed by atoms with Crippen LogP contribution in [0.4, 0.5) is 23.4 Å². The number of anilines is 1. The van der Waals surface area contributed by atoms with Crippen molar-refractivity contribution in [3.8, 4) is 11.3 Å². The van der Waals surface area contributed by atoms with E-state index in [1.165, 1.54) is 6.07 Å². The summed E-state index contributed by atoms with van der Waals surface area (Å²) < 4.78 is 51.7. The van der Waals surface area contributed by atoms with Gasteiger partial charge in [0.1, 0.15) is 17.5 Å². The summed E-state index contributed by atoms with van der Waals surface area (Å²) in [6.07, 6.45) is -4.75. The Labute approximate surface area is 119 Å². The maximum atomic E-state index is 13.3. The number of rotatable bonds is 2. The lowest BCUT2D eigenvalue weighted by atomic mass is 10.0. The number of hydrogen-bond donors (Lipinski definition) is 1. The zero-order chi connectivity index (χ0) is 15.8. The van der Waals surface area contributed by atoms with Crippen LogP contribution in [0.25, 0.3) is 11.3 Å². The molecule has 0 saturated carbocycles. The Kier molecular flexibility index (Phi) is 3.85. The molecule has 1 heterocycles. The number of benzene rings is 1. The number of aromatic nitrogens is 2. The van der Waals surface area contributed by atoms with Gasteiger partial charge < -0.3 is 5.32 Å². The summed E-state index contributed by atoms with van der Waals surface area (Å²) in [6.45, 7) is 3.33. The SMILES string of the molecule is CNc1nc(C)nc(-c2ccc(F)c(C(F)(F)F)c2)c1C. The van der Waals surface area contributed by atoms with Gasteiger partial charge in [0.15, 0.2) is 0 Å². The van der Waals surface area contributed by atoms with Gasteiger partial charge in [0.2, 0.25) is 0 Å². The van der Waals surface area contributed by atoms with E-state index in [1.807, 2.05) is 0 Å². The highest BCUT2D eigenvalue weighted by Crippen LogP contribution is 2.35. The summed E-state index contributed by atoms with van der Waals surface area (Å²) in [5.41, 5.74) is -0.162. The van der Waals surface area contributed by atoms with E-state index in [1.54, 1.807) is 20.9 Å². The minimum absolute atomic E-state index is 0.197. The van der Waals surface area contributed by atoms with Gasteiger partial charge >= 0.3 is 6.18 Å². The van der Waals surface area contributed by atoms with Gasteiger partial charge in [0, 0.05) is 18.2 Å². The van der Waals surface area contributed by atoms with Crippen molar-refractivity contribution in [2.75, 3.05) is 12.4 Å². The lowest BCUT2D eigenvalue weighted by Gasteiger charge is -2.13. The van der Waals surface area contributed by atoms with Gasteiger partial charge in [0.25, 0.3) is 0 Å². The van der Waals surface area contributed by atoms with Crippen LogP contribution in [0.3, 0.4) is 0 Å². The summed E-state index contributed by atoms with van der Waals surface area (Å²) in [7, 11) is 1.66. The fourth-order valence-electron chi connectivity index (χ4n) is 2.04. The van der Waals surface area contributed by atoms with Crippen LogP contribution in [0.15, 0.2) is 18.2 Å². The molecule has 0 fully saturated rings. The number of aryl methyl sites for hydroxylation is 1. The molecule has 0 aliphatic heterocycles. The molecule has 2 rings (SSSR count). The van der Waals surface area contributed by atoms with Gasteiger partial charge in [0.05, 0.1) is 11.3 Å². The van der Waals surface area contributed by atoms with Crippen LogP contribution < -0.4 is 5.32 Å². The van der Waals surface area contributed by atoms with E-state index in [0.29, 0.717) is 22.9 Å². The van der Waals surface area contributed by atoms with Crippen molar-refractivity contribution in [2.24, 2.45) is 0 Å².